The molecule has 1 aliphatic heterocycles. The molecule has 0 radical (unpaired) electrons. The van der Waals surface area contributed by atoms with Gasteiger partial charge < -0.3 is 5.32 Å². The zero-order valence-corrected chi connectivity index (χ0v) is 17.7. The van der Waals surface area contributed by atoms with Crippen LogP contribution in [0.1, 0.15) is 17.5 Å². The van der Waals surface area contributed by atoms with E-state index < -0.39 is 28.5 Å². The Bertz CT molecular complexity index is 1140. The molecule has 7 nitrogen and oxygen atoms in total. The SMILES string of the molecule is O=C(CCN1C(=O)/C(=C/c2cccc([N+](=O)[O-])c2)SC1=S)Nc1ccccc1C(F)(F)F. The minimum atomic E-state index is -4.63. The Balaban J connectivity index is 1.66. The minimum absolute atomic E-state index is 0.128. The van der Waals surface area contributed by atoms with Crippen LogP contribution in [0.3, 0.4) is 0 Å². The Kier molecular flexibility index (Phi) is 6.94. The van der Waals surface area contributed by atoms with E-state index in [1.165, 1.54) is 41.3 Å². The van der Waals surface area contributed by atoms with E-state index in [0.29, 0.717) is 5.56 Å². The molecule has 12 heteroatoms. The van der Waals surface area contributed by atoms with Crippen LogP contribution in [0.15, 0.2) is 53.4 Å². The number of halogens is 3. The lowest BCUT2D eigenvalue weighted by atomic mass is 10.1. The molecule has 2 aromatic rings. The Morgan fingerprint density at radius 3 is 2.62 bits per heavy atom. The number of alkyl halides is 3. The number of nitrogens with one attached hydrogen (secondary N) is 1. The highest BCUT2D eigenvalue weighted by Crippen LogP contribution is 2.35. The van der Waals surface area contributed by atoms with Crippen LogP contribution in [0.2, 0.25) is 0 Å². The standard InChI is InChI=1S/C20H14F3N3O4S2/c21-20(22,23)14-6-1-2-7-15(14)24-17(27)8-9-25-18(28)16(32-19(25)31)11-12-4-3-5-13(10-12)26(29)30/h1-7,10-11H,8-9H2,(H,24,27)/b16-11-. The smallest absolute Gasteiger partial charge is 0.325 e. The number of nitro groups is 1. The molecule has 32 heavy (non-hydrogen) atoms. The van der Waals surface area contributed by atoms with Crippen molar-refractivity contribution in [2.75, 3.05) is 11.9 Å². The van der Waals surface area contributed by atoms with Gasteiger partial charge in [-0.3, -0.25) is 24.6 Å². The van der Waals surface area contributed by atoms with Crippen LogP contribution in [0.5, 0.6) is 0 Å². The molecule has 2 aromatic carbocycles. The van der Waals surface area contributed by atoms with Crippen LogP contribution < -0.4 is 5.32 Å². The number of anilines is 1. The zero-order valence-electron chi connectivity index (χ0n) is 16.1. The van der Waals surface area contributed by atoms with Crippen LogP contribution in [0, 0.1) is 10.1 Å². The molecule has 1 heterocycles. The van der Waals surface area contributed by atoms with E-state index in [1.807, 2.05) is 0 Å². The van der Waals surface area contributed by atoms with Crippen molar-refractivity contribution in [3.8, 4) is 0 Å². The number of hydrogen-bond donors (Lipinski definition) is 1. The molecule has 0 atom stereocenters. The van der Waals surface area contributed by atoms with Crippen molar-refractivity contribution >= 4 is 57.6 Å². The highest BCUT2D eigenvalue weighted by Gasteiger charge is 2.34. The maximum Gasteiger partial charge on any atom is 0.418 e. The number of amides is 2. The summed E-state index contributed by atoms with van der Waals surface area (Å²) >= 11 is 6.14. The summed E-state index contributed by atoms with van der Waals surface area (Å²) in [5.41, 5.74) is -1.05. The summed E-state index contributed by atoms with van der Waals surface area (Å²) in [6.07, 6.45) is -3.45. The summed E-state index contributed by atoms with van der Waals surface area (Å²) in [6.45, 7) is -0.128. The largest absolute Gasteiger partial charge is 0.418 e. The number of carbonyl (C=O) groups is 2. The zero-order chi connectivity index (χ0) is 23.5. The summed E-state index contributed by atoms with van der Waals surface area (Å²) in [5.74, 6) is -1.20. The molecule has 1 fully saturated rings. The summed E-state index contributed by atoms with van der Waals surface area (Å²) in [7, 11) is 0. The number of para-hydroxylation sites is 1. The van der Waals surface area contributed by atoms with Crippen LogP contribution in [-0.4, -0.2) is 32.5 Å². The second-order valence-corrected chi connectivity index (χ2v) is 8.20. The van der Waals surface area contributed by atoms with E-state index >= 15 is 0 Å². The molecule has 1 N–H and O–H groups in total. The van der Waals surface area contributed by atoms with Gasteiger partial charge in [0, 0.05) is 25.1 Å². The Morgan fingerprint density at radius 2 is 1.94 bits per heavy atom. The van der Waals surface area contributed by atoms with Gasteiger partial charge in [0.2, 0.25) is 5.91 Å². The first-order valence-electron chi connectivity index (χ1n) is 9.02. The number of nitro benzene ring substituents is 1. The number of rotatable bonds is 6. The Morgan fingerprint density at radius 1 is 1.22 bits per heavy atom. The molecule has 0 aliphatic carbocycles. The maximum absolute atomic E-state index is 13.1. The van der Waals surface area contributed by atoms with Crippen LogP contribution in [0.25, 0.3) is 6.08 Å². The Hall–Kier alpha value is -3.25. The monoisotopic (exact) mass is 481 g/mol. The van der Waals surface area contributed by atoms with Crippen molar-refractivity contribution in [1.29, 1.82) is 0 Å². The molecule has 0 bridgehead atoms. The number of non-ortho nitro benzene ring substituents is 1. The van der Waals surface area contributed by atoms with Gasteiger partial charge in [-0.2, -0.15) is 13.2 Å². The van der Waals surface area contributed by atoms with Gasteiger partial charge in [-0.05, 0) is 23.8 Å². The highest BCUT2D eigenvalue weighted by molar-refractivity contribution is 8.26. The first kappa shape index (κ1) is 23.4. The first-order valence-corrected chi connectivity index (χ1v) is 10.2. The van der Waals surface area contributed by atoms with E-state index in [4.69, 9.17) is 12.2 Å². The van der Waals surface area contributed by atoms with Gasteiger partial charge in [-0.1, -0.05) is 48.2 Å². The predicted octanol–water partition coefficient (Wildman–Crippen LogP) is 4.84. The summed E-state index contributed by atoms with van der Waals surface area (Å²) < 4.78 is 39.3. The predicted molar refractivity (Wildman–Crippen MR) is 118 cm³/mol. The molecule has 2 amide bonds. The van der Waals surface area contributed by atoms with Gasteiger partial charge in [0.15, 0.2) is 0 Å². The average Bonchev–Trinajstić information content (AvgIpc) is 2.98. The number of benzene rings is 2. The molecule has 0 aromatic heterocycles. The van der Waals surface area contributed by atoms with E-state index in [-0.39, 0.29) is 33.6 Å². The molecule has 0 saturated carbocycles. The third-order valence-electron chi connectivity index (χ3n) is 4.32. The van der Waals surface area contributed by atoms with Crippen molar-refractivity contribution < 1.29 is 27.7 Å². The number of thioether (sulfide) groups is 1. The summed E-state index contributed by atoms with van der Waals surface area (Å²) in [4.78, 5) is 36.5. The van der Waals surface area contributed by atoms with Crippen LogP contribution >= 0.6 is 24.0 Å². The van der Waals surface area contributed by atoms with Gasteiger partial charge in [0.25, 0.3) is 11.6 Å². The molecule has 0 spiro atoms. The van der Waals surface area contributed by atoms with Gasteiger partial charge in [-0.25, -0.2) is 0 Å². The molecule has 1 saturated heterocycles. The number of hydrogen-bond acceptors (Lipinski definition) is 6. The van der Waals surface area contributed by atoms with Crippen molar-refractivity contribution in [3.05, 3.63) is 74.7 Å². The second kappa shape index (κ2) is 9.49. The third kappa shape index (κ3) is 5.51. The number of nitrogens with zero attached hydrogens (tertiary/aromatic N) is 2. The van der Waals surface area contributed by atoms with E-state index in [0.717, 1.165) is 23.9 Å². The number of thiocarbonyl (C=S) groups is 1. The average molecular weight is 481 g/mol. The van der Waals surface area contributed by atoms with Crippen LogP contribution in [0.4, 0.5) is 24.5 Å². The highest BCUT2D eigenvalue weighted by atomic mass is 32.2. The lowest BCUT2D eigenvalue weighted by molar-refractivity contribution is -0.384. The van der Waals surface area contributed by atoms with Crippen molar-refractivity contribution in [2.24, 2.45) is 0 Å². The van der Waals surface area contributed by atoms with Gasteiger partial charge >= 0.3 is 6.18 Å². The number of carbonyl (C=O) groups excluding carboxylic acids is 2. The molecule has 3 rings (SSSR count). The Labute approximate surface area is 189 Å². The maximum atomic E-state index is 13.1. The lowest BCUT2D eigenvalue weighted by Crippen LogP contribution is -2.31. The van der Waals surface area contributed by atoms with Crippen LogP contribution in [-0.2, 0) is 15.8 Å². The molecule has 166 valence electrons. The first-order chi connectivity index (χ1) is 15.1. The van der Waals surface area contributed by atoms with Gasteiger partial charge in [0.1, 0.15) is 4.32 Å². The fourth-order valence-corrected chi connectivity index (χ4v) is 4.15. The lowest BCUT2D eigenvalue weighted by Gasteiger charge is -2.16. The summed E-state index contributed by atoms with van der Waals surface area (Å²) in [5, 5.41) is 13.1. The van der Waals surface area contributed by atoms with E-state index in [9.17, 15) is 32.9 Å². The fourth-order valence-electron chi connectivity index (χ4n) is 2.84. The second-order valence-electron chi connectivity index (χ2n) is 6.53. The third-order valence-corrected chi connectivity index (χ3v) is 5.70. The molecule has 1 aliphatic rings. The summed E-state index contributed by atoms with van der Waals surface area (Å²) in [6, 6.07) is 10.3. The van der Waals surface area contributed by atoms with Crippen molar-refractivity contribution in [1.82, 2.24) is 4.90 Å². The normalized spacial score (nSPS) is 15.3. The van der Waals surface area contributed by atoms with Crippen molar-refractivity contribution in [2.45, 2.75) is 12.6 Å². The van der Waals surface area contributed by atoms with Gasteiger partial charge in [-0.15, -0.1) is 0 Å². The topological polar surface area (TPSA) is 92.5 Å². The molecular weight excluding hydrogens is 467 g/mol. The molecule has 0 unspecified atom stereocenters. The minimum Gasteiger partial charge on any atom is -0.325 e. The van der Waals surface area contributed by atoms with Gasteiger partial charge in [0.05, 0.1) is 21.1 Å². The molecular formula is C20H14F3N3O4S2. The quantitative estimate of drug-likeness (QED) is 0.275. The van der Waals surface area contributed by atoms with E-state index in [2.05, 4.69) is 5.32 Å². The van der Waals surface area contributed by atoms with E-state index in [1.54, 1.807) is 6.07 Å². The fraction of sp³-hybridized carbons (Fsp3) is 0.150. The van der Waals surface area contributed by atoms with Crippen molar-refractivity contribution in [3.63, 3.8) is 0 Å².